The summed E-state index contributed by atoms with van der Waals surface area (Å²) in [6.07, 6.45) is 0. The van der Waals surface area contributed by atoms with Crippen molar-refractivity contribution in [1.82, 2.24) is 0 Å². The maximum Gasteiger partial charge on any atom is 0.0645 e. The third-order valence-electron chi connectivity index (χ3n) is 10.7. The van der Waals surface area contributed by atoms with Gasteiger partial charge in [0.25, 0.3) is 0 Å². The molecule has 0 saturated carbocycles. The molecule has 0 bridgehead atoms. The van der Waals surface area contributed by atoms with Gasteiger partial charge in [0.1, 0.15) is 0 Å². The fourth-order valence-electron chi connectivity index (χ4n) is 7.96. The Morgan fingerprint density at radius 2 is 0.842 bits per heavy atom. The van der Waals surface area contributed by atoms with Crippen LogP contribution in [0.15, 0.2) is 236 Å². The first-order valence-corrected chi connectivity index (χ1v) is 19.3. The van der Waals surface area contributed by atoms with E-state index < -0.39 is 0 Å². The molecule has 1 nitrogen and oxygen atoms in total. The van der Waals surface area contributed by atoms with Gasteiger partial charge in [-0.3, -0.25) is 0 Å². The van der Waals surface area contributed by atoms with Crippen LogP contribution in [0.3, 0.4) is 0 Å². The molecule has 0 aliphatic carbocycles. The standard InChI is InChI=1S/C56H39N/c1-3-14-40(15-4-1)46-21-11-22-47(38-46)41-28-33-49(34-29-41)57(51-24-12-23-48(39-51)53-27-13-20-42-18-7-9-25-52(42)53)50-35-30-45(31-36-50)56-54-26-10-8-19-44(54)32-37-55(56)43-16-5-2-6-17-43/h1-39H/i28D,29D,33D,34D. The van der Waals surface area contributed by atoms with Gasteiger partial charge in [0.15, 0.2) is 0 Å². The molecule has 0 aliphatic rings. The first-order chi connectivity index (χ1) is 29.9. The van der Waals surface area contributed by atoms with Crippen molar-refractivity contribution in [2.24, 2.45) is 0 Å². The van der Waals surface area contributed by atoms with Crippen molar-refractivity contribution in [3.05, 3.63) is 236 Å². The van der Waals surface area contributed by atoms with E-state index in [0.717, 1.165) is 66.1 Å². The summed E-state index contributed by atoms with van der Waals surface area (Å²) in [7, 11) is 0. The summed E-state index contributed by atoms with van der Waals surface area (Å²) in [5.74, 6) is 0. The van der Waals surface area contributed by atoms with E-state index in [2.05, 4.69) is 115 Å². The van der Waals surface area contributed by atoms with Crippen LogP contribution < -0.4 is 4.90 Å². The Labute approximate surface area is 340 Å². The van der Waals surface area contributed by atoms with Crippen LogP contribution in [0.4, 0.5) is 17.1 Å². The maximum absolute atomic E-state index is 9.65. The molecule has 0 fully saturated rings. The number of benzene rings is 10. The van der Waals surface area contributed by atoms with E-state index in [1.165, 1.54) is 0 Å². The fourth-order valence-corrected chi connectivity index (χ4v) is 7.96. The van der Waals surface area contributed by atoms with Gasteiger partial charge in [-0.15, -0.1) is 0 Å². The topological polar surface area (TPSA) is 3.24 Å². The van der Waals surface area contributed by atoms with Crippen molar-refractivity contribution in [3.63, 3.8) is 0 Å². The quantitative estimate of drug-likeness (QED) is 0.151. The van der Waals surface area contributed by atoms with Crippen LogP contribution in [-0.4, -0.2) is 0 Å². The van der Waals surface area contributed by atoms with Crippen molar-refractivity contribution >= 4 is 38.6 Å². The van der Waals surface area contributed by atoms with E-state index >= 15 is 0 Å². The molecule has 0 unspecified atom stereocenters. The predicted molar refractivity (Wildman–Crippen MR) is 243 cm³/mol. The third kappa shape index (κ3) is 6.66. The van der Waals surface area contributed by atoms with Crippen LogP contribution in [0, 0.1) is 0 Å². The molecular weight excluding hydrogens is 687 g/mol. The molecule has 0 atom stereocenters. The lowest BCUT2D eigenvalue weighted by Gasteiger charge is -2.27. The zero-order valence-electron chi connectivity index (χ0n) is 35.2. The lowest BCUT2D eigenvalue weighted by Crippen LogP contribution is -2.10. The Bertz CT molecular complexity index is 3200. The Morgan fingerprint density at radius 1 is 0.281 bits per heavy atom. The Morgan fingerprint density at radius 3 is 1.60 bits per heavy atom. The minimum absolute atomic E-state index is 0.101. The Kier molecular flexibility index (Phi) is 7.84. The highest BCUT2D eigenvalue weighted by molar-refractivity contribution is 6.04. The summed E-state index contributed by atoms with van der Waals surface area (Å²) in [6, 6.07) is 71.4. The predicted octanol–water partition coefficient (Wildman–Crippen LogP) is 15.8. The minimum Gasteiger partial charge on any atom is -0.310 e. The van der Waals surface area contributed by atoms with Crippen molar-refractivity contribution in [2.75, 3.05) is 4.90 Å². The molecular formula is C56H39N. The summed E-state index contributed by atoms with van der Waals surface area (Å²) in [4.78, 5) is 1.88. The molecule has 57 heavy (non-hydrogen) atoms. The second kappa shape index (κ2) is 15.0. The Balaban J connectivity index is 1.16. The van der Waals surface area contributed by atoms with E-state index in [9.17, 15) is 5.48 Å². The van der Waals surface area contributed by atoms with Gasteiger partial charge in [0.05, 0.1) is 5.48 Å². The van der Waals surface area contributed by atoms with Crippen LogP contribution in [0.1, 0.15) is 5.48 Å². The van der Waals surface area contributed by atoms with Crippen LogP contribution in [-0.2, 0) is 0 Å². The molecule has 0 aromatic heterocycles. The van der Waals surface area contributed by atoms with Gasteiger partial charge in [-0.25, -0.2) is 0 Å². The largest absolute Gasteiger partial charge is 0.310 e. The van der Waals surface area contributed by atoms with Crippen molar-refractivity contribution in [1.29, 1.82) is 0 Å². The van der Waals surface area contributed by atoms with Crippen molar-refractivity contribution < 1.29 is 5.48 Å². The highest BCUT2D eigenvalue weighted by atomic mass is 15.1. The summed E-state index contributed by atoms with van der Waals surface area (Å²) in [5.41, 5.74) is 10.9. The number of hydrogen-bond donors (Lipinski definition) is 0. The number of rotatable bonds is 8. The van der Waals surface area contributed by atoms with Crippen LogP contribution >= 0.6 is 0 Å². The lowest BCUT2D eigenvalue weighted by molar-refractivity contribution is 1.28. The molecule has 0 spiro atoms. The molecule has 10 rings (SSSR count). The van der Waals surface area contributed by atoms with E-state index in [-0.39, 0.29) is 35.4 Å². The number of fused-ring (bicyclic) bond motifs is 2. The summed E-state index contributed by atoms with van der Waals surface area (Å²) < 4.78 is 38.3. The molecule has 1 heteroatoms. The minimum atomic E-state index is -0.124. The van der Waals surface area contributed by atoms with Gasteiger partial charge in [-0.05, 0) is 120 Å². The highest BCUT2D eigenvalue weighted by Gasteiger charge is 2.17. The highest BCUT2D eigenvalue weighted by Crippen LogP contribution is 2.42. The molecule has 0 radical (unpaired) electrons. The van der Waals surface area contributed by atoms with E-state index in [4.69, 9.17) is 0 Å². The van der Waals surface area contributed by atoms with Gasteiger partial charge >= 0.3 is 0 Å². The molecule has 0 amide bonds. The monoisotopic (exact) mass is 729 g/mol. The summed E-state index contributed by atoms with van der Waals surface area (Å²) >= 11 is 0. The third-order valence-corrected chi connectivity index (χ3v) is 10.7. The van der Waals surface area contributed by atoms with Gasteiger partial charge in [-0.2, -0.15) is 0 Å². The van der Waals surface area contributed by atoms with Gasteiger partial charge in [0.2, 0.25) is 0 Å². The SMILES string of the molecule is [2H]c1c([2H])c(N(c2ccc(-c3c(-c4ccccc4)ccc4ccccc34)cc2)c2cccc(-c3cccc4ccccc34)c2)c([2H])c([2H])c1-c1cccc(-c2ccccc2)c1. The smallest absolute Gasteiger partial charge is 0.0645 e. The molecule has 0 N–H and O–H groups in total. The number of hydrogen-bond acceptors (Lipinski definition) is 1. The van der Waals surface area contributed by atoms with Crippen LogP contribution in [0.2, 0.25) is 0 Å². The summed E-state index contributed by atoms with van der Waals surface area (Å²) in [6.45, 7) is 0. The lowest BCUT2D eigenvalue weighted by atomic mass is 9.89. The molecule has 268 valence electrons. The zero-order valence-corrected chi connectivity index (χ0v) is 31.2. The van der Waals surface area contributed by atoms with Gasteiger partial charge in [-0.1, -0.05) is 194 Å². The number of anilines is 3. The summed E-state index contributed by atoms with van der Waals surface area (Å²) in [5, 5.41) is 4.54. The van der Waals surface area contributed by atoms with Crippen LogP contribution in [0.25, 0.3) is 77.2 Å². The second-order valence-electron chi connectivity index (χ2n) is 14.2. The zero-order chi connectivity index (χ0) is 41.5. The van der Waals surface area contributed by atoms with Crippen molar-refractivity contribution in [3.8, 4) is 55.6 Å². The first-order valence-electron chi connectivity index (χ1n) is 21.3. The number of nitrogens with zero attached hydrogens (tertiary/aromatic N) is 1. The van der Waals surface area contributed by atoms with Crippen molar-refractivity contribution in [2.45, 2.75) is 0 Å². The molecule has 0 heterocycles. The van der Waals surface area contributed by atoms with E-state index in [0.29, 0.717) is 16.9 Å². The van der Waals surface area contributed by atoms with Gasteiger partial charge < -0.3 is 4.90 Å². The average molecular weight is 730 g/mol. The molecule has 10 aromatic rings. The first kappa shape index (κ1) is 29.8. The normalized spacial score (nSPS) is 12.1. The second-order valence-corrected chi connectivity index (χ2v) is 14.2. The maximum atomic E-state index is 9.65. The molecule has 0 aliphatic heterocycles. The van der Waals surface area contributed by atoms with E-state index in [1.54, 1.807) is 0 Å². The van der Waals surface area contributed by atoms with Gasteiger partial charge in [0, 0.05) is 17.1 Å². The van der Waals surface area contributed by atoms with Crippen LogP contribution in [0.5, 0.6) is 0 Å². The molecule has 0 saturated heterocycles. The average Bonchev–Trinajstić information content (AvgIpc) is 3.32. The Hall–Kier alpha value is -7.48. The van der Waals surface area contributed by atoms with E-state index in [1.807, 2.05) is 102 Å². The molecule has 10 aromatic carbocycles. The fraction of sp³-hybridized carbons (Fsp3) is 0.